The van der Waals surface area contributed by atoms with Gasteiger partial charge in [0.2, 0.25) is 0 Å². The highest BCUT2D eigenvalue weighted by molar-refractivity contribution is 5.89. The second-order valence-corrected chi connectivity index (χ2v) is 4.65. The van der Waals surface area contributed by atoms with Gasteiger partial charge in [-0.05, 0) is 17.7 Å². The quantitative estimate of drug-likeness (QED) is 0.769. The molecule has 21 heavy (non-hydrogen) atoms. The topological polar surface area (TPSA) is 78.9 Å². The van der Waals surface area contributed by atoms with Crippen LogP contribution in [0.2, 0.25) is 0 Å². The van der Waals surface area contributed by atoms with Gasteiger partial charge in [0.1, 0.15) is 5.82 Å². The molecule has 0 atom stereocenters. The van der Waals surface area contributed by atoms with Gasteiger partial charge in [-0.2, -0.15) is 5.10 Å². The molecule has 0 bridgehead atoms. The fourth-order valence-electron chi connectivity index (χ4n) is 2.08. The number of nitrogens with one attached hydrogen (secondary N) is 1. The lowest BCUT2D eigenvalue weighted by molar-refractivity contribution is 0.0697. The lowest BCUT2D eigenvalue weighted by Crippen LogP contribution is -1.96. The summed E-state index contributed by atoms with van der Waals surface area (Å²) in [6.45, 7) is 0. The van der Waals surface area contributed by atoms with E-state index in [9.17, 15) is 4.79 Å². The minimum atomic E-state index is -0.961. The van der Waals surface area contributed by atoms with Gasteiger partial charge in [-0.3, -0.25) is 5.10 Å². The molecule has 5 nitrogen and oxygen atoms in total. The van der Waals surface area contributed by atoms with E-state index >= 15 is 0 Å². The molecule has 0 aliphatic heterocycles. The number of carboxylic acid groups (broad SMARTS) is 1. The third kappa shape index (κ3) is 2.97. The Morgan fingerprint density at radius 1 is 1.10 bits per heavy atom. The van der Waals surface area contributed by atoms with Gasteiger partial charge in [-0.25, -0.2) is 9.78 Å². The molecule has 1 heterocycles. The molecule has 2 aromatic carbocycles. The van der Waals surface area contributed by atoms with Gasteiger partial charge < -0.3 is 5.11 Å². The smallest absolute Gasteiger partial charge is 0.335 e. The molecule has 0 saturated carbocycles. The van der Waals surface area contributed by atoms with Crippen molar-refractivity contribution in [2.24, 2.45) is 0 Å². The molecule has 0 saturated heterocycles. The monoisotopic (exact) mass is 279 g/mol. The Morgan fingerprint density at radius 3 is 2.67 bits per heavy atom. The molecule has 2 N–H and O–H groups in total. The molecule has 0 radical (unpaired) electrons. The van der Waals surface area contributed by atoms with Crippen LogP contribution in [-0.4, -0.2) is 26.3 Å². The van der Waals surface area contributed by atoms with Crippen molar-refractivity contribution < 1.29 is 9.90 Å². The standard InChI is InChI=1S/C16H13N3O2/c20-16(21)13-8-4-7-12(10-13)15-17-14(18-19-15)9-11-5-2-1-3-6-11/h1-8,10H,9H2,(H,20,21)(H,17,18,19). The van der Waals surface area contributed by atoms with E-state index < -0.39 is 5.97 Å². The highest BCUT2D eigenvalue weighted by Gasteiger charge is 2.09. The number of benzene rings is 2. The molecule has 0 fully saturated rings. The molecule has 0 unspecified atom stereocenters. The van der Waals surface area contributed by atoms with Crippen LogP contribution in [0, 0.1) is 0 Å². The first-order chi connectivity index (χ1) is 10.2. The van der Waals surface area contributed by atoms with Gasteiger partial charge in [-0.15, -0.1) is 0 Å². The number of hydrogen-bond donors (Lipinski definition) is 2. The van der Waals surface area contributed by atoms with Crippen LogP contribution in [0.15, 0.2) is 54.6 Å². The van der Waals surface area contributed by atoms with Gasteiger partial charge in [-0.1, -0.05) is 42.5 Å². The van der Waals surface area contributed by atoms with E-state index in [-0.39, 0.29) is 5.56 Å². The highest BCUT2D eigenvalue weighted by Crippen LogP contribution is 2.17. The maximum Gasteiger partial charge on any atom is 0.335 e. The van der Waals surface area contributed by atoms with Crippen LogP contribution in [0.3, 0.4) is 0 Å². The van der Waals surface area contributed by atoms with Crippen molar-refractivity contribution >= 4 is 5.97 Å². The van der Waals surface area contributed by atoms with Crippen LogP contribution in [0.1, 0.15) is 21.7 Å². The number of aromatic amines is 1. The maximum absolute atomic E-state index is 11.0. The van der Waals surface area contributed by atoms with Crippen LogP contribution in [-0.2, 0) is 6.42 Å². The fraction of sp³-hybridized carbons (Fsp3) is 0.0625. The van der Waals surface area contributed by atoms with Crippen LogP contribution in [0.25, 0.3) is 11.4 Å². The first kappa shape index (κ1) is 13.1. The average Bonchev–Trinajstić information content (AvgIpc) is 2.97. The molecule has 1 aromatic heterocycles. The number of H-pyrrole nitrogens is 1. The number of rotatable bonds is 4. The lowest BCUT2D eigenvalue weighted by atomic mass is 10.1. The number of aromatic nitrogens is 3. The molecule has 0 amide bonds. The zero-order valence-electron chi connectivity index (χ0n) is 11.2. The van der Waals surface area contributed by atoms with E-state index in [4.69, 9.17) is 5.11 Å². The number of hydrogen-bond acceptors (Lipinski definition) is 3. The van der Waals surface area contributed by atoms with Gasteiger partial charge >= 0.3 is 5.97 Å². The molecule has 3 aromatic rings. The third-order valence-electron chi connectivity index (χ3n) is 3.11. The van der Waals surface area contributed by atoms with E-state index in [1.165, 1.54) is 0 Å². The summed E-state index contributed by atoms with van der Waals surface area (Å²) in [4.78, 5) is 15.4. The minimum absolute atomic E-state index is 0.224. The van der Waals surface area contributed by atoms with Gasteiger partial charge in [0, 0.05) is 12.0 Å². The highest BCUT2D eigenvalue weighted by atomic mass is 16.4. The van der Waals surface area contributed by atoms with Gasteiger partial charge in [0.05, 0.1) is 5.56 Å². The summed E-state index contributed by atoms with van der Waals surface area (Å²) in [6.07, 6.45) is 0.659. The van der Waals surface area contributed by atoms with Crippen molar-refractivity contribution in [3.63, 3.8) is 0 Å². The Bertz CT molecular complexity index is 766. The minimum Gasteiger partial charge on any atom is -0.478 e. The number of carboxylic acids is 1. The predicted molar refractivity (Wildman–Crippen MR) is 78.0 cm³/mol. The van der Waals surface area contributed by atoms with E-state index in [1.54, 1.807) is 24.3 Å². The molecule has 0 spiro atoms. The predicted octanol–water partition coefficient (Wildman–Crippen LogP) is 2.76. The Balaban J connectivity index is 1.85. The van der Waals surface area contributed by atoms with E-state index in [0.717, 1.165) is 11.4 Å². The summed E-state index contributed by atoms with van der Waals surface area (Å²) in [5.41, 5.74) is 2.05. The summed E-state index contributed by atoms with van der Waals surface area (Å²) in [7, 11) is 0. The SMILES string of the molecule is O=C(O)c1cccc(-c2n[nH]c(Cc3ccccc3)n2)c1. The molecular weight excluding hydrogens is 266 g/mol. The summed E-state index contributed by atoms with van der Waals surface area (Å²) in [6, 6.07) is 16.5. The van der Waals surface area contributed by atoms with Gasteiger partial charge in [0.25, 0.3) is 0 Å². The first-order valence-corrected chi connectivity index (χ1v) is 6.51. The molecule has 0 aliphatic carbocycles. The Morgan fingerprint density at radius 2 is 1.90 bits per heavy atom. The second-order valence-electron chi connectivity index (χ2n) is 4.65. The molecule has 0 aliphatic rings. The van der Waals surface area contributed by atoms with Crippen molar-refractivity contribution in [1.29, 1.82) is 0 Å². The Hall–Kier alpha value is -2.95. The van der Waals surface area contributed by atoms with Crippen LogP contribution in [0.5, 0.6) is 0 Å². The molecule has 5 heteroatoms. The Labute approximate surface area is 121 Å². The normalized spacial score (nSPS) is 10.5. The molecule has 104 valence electrons. The van der Waals surface area contributed by atoms with Crippen molar-refractivity contribution in [1.82, 2.24) is 15.2 Å². The summed E-state index contributed by atoms with van der Waals surface area (Å²) in [5.74, 6) is 0.290. The largest absolute Gasteiger partial charge is 0.478 e. The molecule has 3 rings (SSSR count). The summed E-state index contributed by atoms with van der Waals surface area (Å²) < 4.78 is 0. The maximum atomic E-state index is 11.0. The van der Waals surface area contributed by atoms with Crippen molar-refractivity contribution in [2.75, 3.05) is 0 Å². The Kier molecular flexibility index (Phi) is 3.47. The lowest BCUT2D eigenvalue weighted by Gasteiger charge is -1.98. The van der Waals surface area contributed by atoms with Crippen LogP contribution >= 0.6 is 0 Å². The fourth-order valence-corrected chi connectivity index (χ4v) is 2.08. The van der Waals surface area contributed by atoms with E-state index in [1.807, 2.05) is 30.3 Å². The van der Waals surface area contributed by atoms with Crippen LogP contribution < -0.4 is 0 Å². The molecular formula is C16H13N3O2. The second kappa shape index (κ2) is 5.58. The van der Waals surface area contributed by atoms with E-state index in [0.29, 0.717) is 17.8 Å². The zero-order valence-corrected chi connectivity index (χ0v) is 11.2. The van der Waals surface area contributed by atoms with Crippen molar-refractivity contribution in [3.8, 4) is 11.4 Å². The van der Waals surface area contributed by atoms with Crippen LogP contribution in [0.4, 0.5) is 0 Å². The van der Waals surface area contributed by atoms with Crippen molar-refractivity contribution in [3.05, 3.63) is 71.5 Å². The first-order valence-electron chi connectivity index (χ1n) is 6.51. The zero-order chi connectivity index (χ0) is 14.7. The summed E-state index contributed by atoms with van der Waals surface area (Å²) in [5, 5.41) is 16.1. The summed E-state index contributed by atoms with van der Waals surface area (Å²) >= 11 is 0. The average molecular weight is 279 g/mol. The number of aromatic carboxylic acids is 1. The van der Waals surface area contributed by atoms with Crippen molar-refractivity contribution in [2.45, 2.75) is 6.42 Å². The number of carbonyl (C=O) groups is 1. The number of nitrogens with zero attached hydrogens (tertiary/aromatic N) is 2. The third-order valence-corrected chi connectivity index (χ3v) is 3.11. The van der Waals surface area contributed by atoms with E-state index in [2.05, 4.69) is 15.2 Å². The van der Waals surface area contributed by atoms with Gasteiger partial charge in [0.15, 0.2) is 5.82 Å².